The van der Waals surface area contributed by atoms with E-state index in [4.69, 9.17) is 11.6 Å². The Balaban J connectivity index is 1.96. The van der Waals surface area contributed by atoms with Gasteiger partial charge >= 0.3 is 0 Å². The van der Waals surface area contributed by atoms with Crippen molar-refractivity contribution in [2.45, 2.75) is 13.0 Å². The lowest BCUT2D eigenvalue weighted by molar-refractivity contribution is 0.0917. The molecule has 0 saturated heterocycles. The molecular formula is C14H14ClNO2S. The van der Waals surface area contributed by atoms with Gasteiger partial charge in [0.25, 0.3) is 5.91 Å². The Morgan fingerprint density at radius 1 is 1.47 bits per heavy atom. The van der Waals surface area contributed by atoms with Gasteiger partial charge in [-0.25, -0.2) is 0 Å². The van der Waals surface area contributed by atoms with E-state index in [1.807, 2.05) is 18.4 Å². The molecular weight excluding hydrogens is 282 g/mol. The number of aryl methyl sites for hydroxylation is 1. The van der Waals surface area contributed by atoms with Crippen LogP contribution >= 0.6 is 22.9 Å². The van der Waals surface area contributed by atoms with Gasteiger partial charge in [-0.15, -0.1) is 11.3 Å². The van der Waals surface area contributed by atoms with E-state index in [2.05, 4.69) is 5.32 Å². The number of carbonyl (C=O) groups excluding carboxylic acids is 1. The molecule has 0 aliphatic carbocycles. The van der Waals surface area contributed by atoms with E-state index in [-0.39, 0.29) is 12.5 Å². The monoisotopic (exact) mass is 295 g/mol. The maximum absolute atomic E-state index is 11.9. The highest BCUT2D eigenvalue weighted by atomic mass is 35.5. The Bertz CT molecular complexity index is 582. The van der Waals surface area contributed by atoms with E-state index in [1.165, 1.54) is 11.3 Å². The SMILES string of the molecule is Cc1ccsc1C(O)CNC(=O)c1cccc(Cl)c1. The van der Waals surface area contributed by atoms with Crippen LogP contribution in [0.25, 0.3) is 0 Å². The number of aliphatic hydroxyl groups is 1. The Morgan fingerprint density at radius 3 is 2.89 bits per heavy atom. The second kappa shape index (κ2) is 6.19. The van der Waals surface area contributed by atoms with Crippen LogP contribution in [0.5, 0.6) is 0 Å². The molecule has 0 fully saturated rings. The van der Waals surface area contributed by atoms with Crippen molar-refractivity contribution in [1.29, 1.82) is 0 Å². The van der Waals surface area contributed by atoms with Crippen molar-refractivity contribution in [1.82, 2.24) is 5.32 Å². The van der Waals surface area contributed by atoms with E-state index >= 15 is 0 Å². The van der Waals surface area contributed by atoms with Crippen LogP contribution in [-0.4, -0.2) is 17.6 Å². The van der Waals surface area contributed by atoms with Gasteiger partial charge in [-0.3, -0.25) is 4.79 Å². The van der Waals surface area contributed by atoms with E-state index in [9.17, 15) is 9.90 Å². The summed E-state index contributed by atoms with van der Waals surface area (Å²) in [5.41, 5.74) is 1.53. The van der Waals surface area contributed by atoms with Gasteiger partial charge in [0.15, 0.2) is 0 Å². The van der Waals surface area contributed by atoms with Gasteiger partial charge in [-0.05, 0) is 42.1 Å². The summed E-state index contributed by atoms with van der Waals surface area (Å²) >= 11 is 7.31. The first kappa shape index (κ1) is 14.1. The Hall–Kier alpha value is -1.36. The maximum Gasteiger partial charge on any atom is 0.251 e. The summed E-state index contributed by atoms with van der Waals surface area (Å²) in [4.78, 5) is 12.8. The third-order valence-electron chi connectivity index (χ3n) is 2.75. The van der Waals surface area contributed by atoms with Crippen molar-refractivity contribution >= 4 is 28.8 Å². The summed E-state index contributed by atoms with van der Waals surface area (Å²) in [6.07, 6.45) is -0.678. The van der Waals surface area contributed by atoms with Gasteiger partial charge in [0.2, 0.25) is 0 Å². The molecule has 0 bridgehead atoms. The van der Waals surface area contributed by atoms with Crippen LogP contribution in [0.15, 0.2) is 35.7 Å². The molecule has 5 heteroatoms. The number of nitrogens with one attached hydrogen (secondary N) is 1. The van der Waals surface area contributed by atoms with Gasteiger partial charge in [0.1, 0.15) is 6.10 Å². The number of halogens is 1. The summed E-state index contributed by atoms with van der Waals surface area (Å²) in [5.74, 6) is -0.240. The van der Waals surface area contributed by atoms with E-state index in [1.54, 1.807) is 24.3 Å². The van der Waals surface area contributed by atoms with Crippen LogP contribution in [0, 0.1) is 6.92 Å². The van der Waals surface area contributed by atoms with E-state index in [0.29, 0.717) is 10.6 Å². The normalized spacial score (nSPS) is 12.2. The van der Waals surface area contributed by atoms with E-state index < -0.39 is 6.10 Å². The summed E-state index contributed by atoms with van der Waals surface area (Å²) in [6.45, 7) is 2.13. The van der Waals surface area contributed by atoms with Gasteiger partial charge < -0.3 is 10.4 Å². The van der Waals surface area contributed by atoms with E-state index in [0.717, 1.165) is 10.4 Å². The van der Waals surface area contributed by atoms with Crippen molar-refractivity contribution in [3.8, 4) is 0 Å². The highest BCUT2D eigenvalue weighted by Gasteiger charge is 2.13. The molecule has 1 amide bonds. The third-order valence-corrected chi connectivity index (χ3v) is 4.10. The first-order chi connectivity index (χ1) is 9.08. The molecule has 0 aliphatic heterocycles. The van der Waals surface area contributed by atoms with Gasteiger partial charge in [0, 0.05) is 22.0 Å². The molecule has 0 spiro atoms. The van der Waals surface area contributed by atoms with Crippen molar-refractivity contribution in [3.05, 3.63) is 56.7 Å². The fraction of sp³-hybridized carbons (Fsp3) is 0.214. The van der Waals surface area contributed by atoms with Crippen molar-refractivity contribution in [3.63, 3.8) is 0 Å². The number of amides is 1. The second-order valence-electron chi connectivity index (χ2n) is 4.20. The summed E-state index contributed by atoms with van der Waals surface area (Å²) in [7, 11) is 0. The minimum absolute atomic E-state index is 0.187. The smallest absolute Gasteiger partial charge is 0.251 e. The molecule has 1 aromatic heterocycles. The van der Waals surface area contributed by atoms with Crippen LogP contribution in [0.3, 0.4) is 0 Å². The van der Waals surface area contributed by atoms with Crippen molar-refractivity contribution in [2.75, 3.05) is 6.54 Å². The maximum atomic E-state index is 11.9. The quantitative estimate of drug-likeness (QED) is 0.910. The second-order valence-corrected chi connectivity index (χ2v) is 5.59. The molecule has 0 aliphatic rings. The van der Waals surface area contributed by atoms with Crippen LogP contribution < -0.4 is 5.32 Å². The fourth-order valence-corrected chi connectivity index (χ4v) is 2.84. The fourth-order valence-electron chi connectivity index (χ4n) is 1.74. The molecule has 0 radical (unpaired) electrons. The predicted octanol–water partition coefficient (Wildman–Crippen LogP) is 3.17. The lowest BCUT2D eigenvalue weighted by atomic mass is 10.2. The minimum atomic E-state index is -0.678. The first-order valence-corrected chi connectivity index (χ1v) is 7.09. The number of thiophene rings is 1. The molecule has 2 aromatic rings. The number of aliphatic hydroxyl groups excluding tert-OH is 1. The average molecular weight is 296 g/mol. The van der Waals surface area contributed by atoms with Gasteiger partial charge in [-0.2, -0.15) is 0 Å². The molecule has 1 aromatic carbocycles. The number of hydrogen-bond acceptors (Lipinski definition) is 3. The Labute approximate surface area is 120 Å². The van der Waals surface area contributed by atoms with Crippen molar-refractivity contribution in [2.24, 2.45) is 0 Å². The average Bonchev–Trinajstić information content (AvgIpc) is 2.82. The summed E-state index contributed by atoms with van der Waals surface area (Å²) < 4.78 is 0. The number of benzene rings is 1. The molecule has 2 N–H and O–H groups in total. The standard InChI is InChI=1S/C14H14ClNO2S/c1-9-5-6-19-13(9)12(17)8-16-14(18)10-3-2-4-11(15)7-10/h2-7,12,17H,8H2,1H3,(H,16,18). The Morgan fingerprint density at radius 2 is 2.26 bits per heavy atom. The zero-order valence-corrected chi connectivity index (χ0v) is 12.0. The molecule has 19 heavy (non-hydrogen) atoms. The summed E-state index contributed by atoms with van der Waals surface area (Å²) in [6, 6.07) is 8.66. The molecule has 1 heterocycles. The van der Waals surface area contributed by atoms with Gasteiger partial charge in [-0.1, -0.05) is 17.7 Å². The van der Waals surface area contributed by atoms with Crippen LogP contribution in [0.4, 0.5) is 0 Å². The van der Waals surface area contributed by atoms with Crippen LogP contribution in [0.1, 0.15) is 26.9 Å². The zero-order valence-electron chi connectivity index (χ0n) is 10.4. The number of hydrogen-bond donors (Lipinski definition) is 2. The van der Waals surface area contributed by atoms with Gasteiger partial charge in [0.05, 0.1) is 0 Å². The topological polar surface area (TPSA) is 49.3 Å². The summed E-state index contributed by atoms with van der Waals surface area (Å²) in [5, 5.41) is 15.2. The minimum Gasteiger partial charge on any atom is -0.386 e. The first-order valence-electron chi connectivity index (χ1n) is 5.83. The molecule has 1 unspecified atom stereocenters. The highest BCUT2D eigenvalue weighted by molar-refractivity contribution is 7.10. The molecule has 0 saturated carbocycles. The molecule has 2 rings (SSSR count). The van der Waals surface area contributed by atoms with Crippen LogP contribution in [0.2, 0.25) is 5.02 Å². The highest BCUT2D eigenvalue weighted by Crippen LogP contribution is 2.23. The van der Waals surface area contributed by atoms with Crippen LogP contribution in [-0.2, 0) is 0 Å². The number of carbonyl (C=O) groups is 1. The molecule has 1 atom stereocenters. The lowest BCUT2D eigenvalue weighted by Crippen LogP contribution is -2.28. The largest absolute Gasteiger partial charge is 0.386 e. The third kappa shape index (κ3) is 3.56. The number of rotatable bonds is 4. The van der Waals surface area contributed by atoms with Crippen molar-refractivity contribution < 1.29 is 9.90 Å². The Kier molecular flexibility index (Phi) is 4.58. The zero-order chi connectivity index (χ0) is 13.8. The predicted molar refractivity (Wildman–Crippen MR) is 77.8 cm³/mol. The lowest BCUT2D eigenvalue weighted by Gasteiger charge is -2.11. The molecule has 100 valence electrons. The molecule has 3 nitrogen and oxygen atoms in total.